The van der Waals surface area contributed by atoms with Crippen molar-refractivity contribution in [2.45, 2.75) is 0 Å². The Bertz CT molecular complexity index is 3350. The number of fused-ring (bicyclic) bond motifs is 3. The van der Waals surface area contributed by atoms with Crippen molar-refractivity contribution in [2.75, 3.05) is 0 Å². The largest absolute Gasteiger partial charge is 0.245 e. The summed E-state index contributed by atoms with van der Waals surface area (Å²) in [4.78, 5) is 25.2. The van der Waals surface area contributed by atoms with Gasteiger partial charge in [-0.15, -0.1) is 0 Å². The number of pyridine rings is 2. The monoisotopic (exact) mass is 791 g/mol. The van der Waals surface area contributed by atoms with Gasteiger partial charge in [-0.1, -0.05) is 206 Å². The van der Waals surface area contributed by atoms with Crippen LogP contribution < -0.4 is 0 Å². The van der Waals surface area contributed by atoms with E-state index < -0.39 is 0 Å². The van der Waals surface area contributed by atoms with E-state index in [0.717, 1.165) is 94.4 Å². The molecule has 5 heteroatoms. The number of rotatable bonds is 8. The van der Waals surface area contributed by atoms with Crippen molar-refractivity contribution in [2.24, 2.45) is 0 Å². The summed E-state index contributed by atoms with van der Waals surface area (Å²) in [5.41, 5.74) is 15.4. The van der Waals surface area contributed by atoms with Crippen LogP contribution in [0, 0.1) is 0 Å². The number of hydrogen-bond acceptors (Lipinski definition) is 5. The summed E-state index contributed by atoms with van der Waals surface area (Å²) in [5, 5.41) is 2.15. The maximum atomic E-state index is 5.16. The molecule has 11 rings (SSSR count). The highest BCUT2D eigenvalue weighted by Crippen LogP contribution is 2.33. The first kappa shape index (κ1) is 36.7. The minimum atomic E-state index is 0.630. The van der Waals surface area contributed by atoms with Gasteiger partial charge in [-0.25, -0.2) is 24.9 Å². The van der Waals surface area contributed by atoms with Crippen LogP contribution in [0.15, 0.2) is 224 Å². The van der Waals surface area contributed by atoms with Crippen molar-refractivity contribution < 1.29 is 0 Å². The molecule has 0 saturated carbocycles. The molecule has 0 N–H and O–H groups in total. The third kappa shape index (κ3) is 7.29. The predicted octanol–water partition coefficient (Wildman–Crippen LogP) is 14.3. The summed E-state index contributed by atoms with van der Waals surface area (Å²) < 4.78 is 0. The van der Waals surface area contributed by atoms with Crippen molar-refractivity contribution >= 4 is 21.8 Å². The van der Waals surface area contributed by atoms with Gasteiger partial charge in [-0.05, 0) is 51.6 Å². The van der Waals surface area contributed by atoms with Gasteiger partial charge >= 0.3 is 0 Å². The molecule has 0 radical (unpaired) electrons. The second kappa shape index (κ2) is 16.0. The van der Waals surface area contributed by atoms with Crippen LogP contribution in [0.1, 0.15) is 0 Å². The van der Waals surface area contributed by atoms with Gasteiger partial charge in [0, 0.05) is 38.6 Å². The van der Waals surface area contributed by atoms with Crippen LogP contribution in [0.2, 0.25) is 0 Å². The van der Waals surface area contributed by atoms with Crippen molar-refractivity contribution in [3.63, 3.8) is 0 Å². The molecule has 290 valence electrons. The average molecular weight is 792 g/mol. The second-order valence-corrected chi connectivity index (χ2v) is 15.3. The van der Waals surface area contributed by atoms with Gasteiger partial charge in [0.2, 0.25) is 0 Å². The molecule has 5 nitrogen and oxygen atoms in total. The van der Waals surface area contributed by atoms with E-state index >= 15 is 0 Å². The van der Waals surface area contributed by atoms with E-state index in [1.54, 1.807) is 0 Å². The molecule has 0 aliphatic carbocycles. The molecule has 0 unspecified atom stereocenters. The fourth-order valence-electron chi connectivity index (χ4n) is 8.02. The SMILES string of the molecule is c1ccc(-c2cccc(-c3nc(-c4ccccc4)nc(-c4ccc(-c5ccc(-c6ccc(-c7ccc8ccc9ccc(-c%10ccccc%10)nc9c8n7)cc6)cc5)cc4)n3)c2)cc1. The zero-order valence-corrected chi connectivity index (χ0v) is 33.6. The molecule has 0 saturated heterocycles. The van der Waals surface area contributed by atoms with Crippen molar-refractivity contribution in [1.82, 2.24) is 24.9 Å². The minimum absolute atomic E-state index is 0.630. The molecule has 3 aromatic heterocycles. The van der Waals surface area contributed by atoms with Gasteiger partial charge in [-0.3, -0.25) is 0 Å². The summed E-state index contributed by atoms with van der Waals surface area (Å²) in [6.45, 7) is 0. The summed E-state index contributed by atoms with van der Waals surface area (Å²) in [7, 11) is 0. The second-order valence-electron chi connectivity index (χ2n) is 15.3. The molecule has 0 atom stereocenters. The fraction of sp³-hybridized carbons (Fsp3) is 0. The molecular weight excluding hydrogens is 755 g/mol. The lowest BCUT2D eigenvalue weighted by Crippen LogP contribution is -2.00. The first-order chi connectivity index (χ1) is 30.7. The minimum Gasteiger partial charge on any atom is -0.245 e. The molecule has 62 heavy (non-hydrogen) atoms. The van der Waals surface area contributed by atoms with Gasteiger partial charge in [0.05, 0.1) is 22.4 Å². The maximum Gasteiger partial charge on any atom is 0.164 e. The van der Waals surface area contributed by atoms with Gasteiger partial charge in [0.25, 0.3) is 0 Å². The quantitative estimate of drug-likeness (QED) is 0.143. The standard InChI is InChI=1S/C57H37N5/c1-4-11-38(12-5-1)49-17-10-18-50(37-49)57-61-55(47-15-8-3-9-16-47)60-56(62-57)48-31-25-42(26-32-48)40-21-19-39(20-22-40)41-23-27-44(28-24-41)52-36-34-46-30-29-45-33-35-51(43-13-6-2-7-14-43)58-53(45)54(46)59-52/h1-37H. The van der Waals surface area contributed by atoms with E-state index in [2.05, 4.69) is 170 Å². The van der Waals surface area contributed by atoms with Gasteiger partial charge in [0.1, 0.15) is 0 Å². The first-order valence-electron chi connectivity index (χ1n) is 20.7. The highest BCUT2D eigenvalue weighted by molar-refractivity contribution is 6.04. The van der Waals surface area contributed by atoms with Crippen LogP contribution in [0.3, 0.4) is 0 Å². The Labute approximate surface area is 359 Å². The fourth-order valence-corrected chi connectivity index (χ4v) is 8.02. The van der Waals surface area contributed by atoms with E-state index in [1.807, 2.05) is 54.6 Å². The smallest absolute Gasteiger partial charge is 0.164 e. The maximum absolute atomic E-state index is 5.16. The van der Waals surface area contributed by atoms with E-state index in [4.69, 9.17) is 24.9 Å². The zero-order chi connectivity index (χ0) is 41.2. The van der Waals surface area contributed by atoms with E-state index in [9.17, 15) is 0 Å². The van der Waals surface area contributed by atoms with E-state index in [-0.39, 0.29) is 0 Å². The normalized spacial score (nSPS) is 11.2. The van der Waals surface area contributed by atoms with E-state index in [1.165, 1.54) is 0 Å². The number of nitrogens with zero attached hydrogens (tertiary/aromatic N) is 5. The topological polar surface area (TPSA) is 64.5 Å². The third-order valence-electron chi connectivity index (χ3n) is 11.4. The summed E-state index contributed by atoms with van der Waals surface area (Å²) in [6, 6.07) is 77.7. The van der Waals surface area contributed by atoms with Crippen LogP contribution >= 0.6 is 0 Å². The summed E-state index contributed by atoms with van der Waals surface area (Å²) in [6.07, 6.45) is 0. The molecule has 0 amide bonds. The van der Waals surface area contributed by atoms with Crippen molar-refractivity contribution in [1.29, 1.82) is 0 Å². The summed E-state index contributed by atoms with van der Waals surface area (Å²) in [5.74, 6) is 1.90. The zero-order valence-electron chi connectivity index (χ0n) is 33.6. The highest BCUT2D eigenvalue weighted by atomic mass is 15.0. The molecule has 0 aliphatic heterocycles. The predicted molar refractivity (Wildman–Crippen MR) is 254 cm³/mol. The van der Waals surface area contributed by atoms with Crippen molar-refractivity contribution in [3.8, 4) is 90.1 Å². The molecule has 0 spiro atoms. The lowest BCUT2D eigenvalue weighted by Gasteiger charge is -2.10. The molecule has 11 aromatic rings. The van der Waals surface area contributed by atoms with Gasteiger partial charge in [0.15, 0.2) is 17.5 Å². The third-order valence-corrected chi connectivity index (χ3v) is 11.4. The number of benzene rings is 8. The van der Waals surface area contributed by atoms with Crippen LogP contribution in [-0.4, -0.2) is 24.9 Å². The lowest BCUT2D eigenvalue weighted by molar-refractivity contribution is 1.07. The van der Waals surface area contributed by atoms with Crippen LogP contribution in [-0.2, 0) is 0 Å². The van der Waals surface area contributed by atoms with Crippen molar-refractivity contribution in [3.05, 3.63) is 224 Å². The van der Waals surface area contributed by atoms with Crippen LogP contribution in [0.5, 0.6) is 0 Å². The average Bonchev–Trinajstić information content (AvgIpc) is 3.37. The molecule has 3 heterocycles. The first-order valence-corrected chi connectivity index (χ1v) is 20.7. The molecule has 0 fully saturated rings. The summed E-state index contributed by atoms with van der Waals surface area (Å²) >= 11 is 0. The van der Waals surface area contributed by atoms with E-state index in [0.29, 0.717) is 17.5 Å². The Kier molecular flexibility index (Phi) is 9.45. The Morgan fingerprint density at radius 1 is 0.194 bits per heavy atom. The Balaban J connectivity index is 0.848. The Morgan fingerprint density at radius 3 is 0.984 bits per heavy atom. The van der Waals surface area contributed by atoms with Gasteiger partial charge in [-0.2, -0.15) is 0 Å². The number of aromatic nitrogens is 5. The molecule has 0 aliphatic rings. The molecular formula is C57H37N5. The Hall–Kier alpha value is -8.41. The van der Waals surface area contributed by atoms with Crippen LogP contribution in [0.4, 0.5) is 0 Å². The lowest BCUT2D eigenvalue weighted by atomic mass is 9.98. The Morgan fingerprint density at radius 2 is 0.500 bits per heavy atom. The molecule has 0 bridgehead atoms. The van der Waals surface area contributed by atoms with Gasteiger partial charge < -0.3 is 0 Å². The van der Waals surface area contributed by atoms with Crippen LogP contribution in [0.25, 0.3) is 112 Å². The molecule has 8 aromatic carbocycles. The highest BCUT2D eigenvalue weighted by Gasteiger charge is 2.14. The number of hydrogen-bond donors (Lipinski definition) is 0.